The molecule has 126 valence electrons. The molecule has 3 heterocycles. The van der Waals surface area contributed by atoms with Crippen LogP contribution in [0.25, 0.3) is 21.8 Å². The number of benzene rings is 1. The summed E-state index contributed by atoms with van der Waals surface area (Å²) in [7, 11) is 0. The van der Waals surface area contributed by atoms with Gasteiger partial charge in [-0.1, -0.05) is 18.2 Å². The number of fused-ring (bicyclic) bond motifs is 3. The molecule has 5 nitrogen and oxygen atoms in total. The van der Waals surface area contributed by atoms with Gasteiger partial charge in [0.05, 0.1) is 17.4 Å². The molecule has 4 aromatic rings. The lowest BCUT2D eigenvalue weighted by molar-refractivity contribution is -0.116. The quantitative estimate of drug-likeness (QED) is 0.574. The monoisotopic (exact) mass is 350 g/mol. The lowest BCUT2D eigenvalue weighted by Crippen LogP contribution is -2.12. The molecule has 0 bridgehead atoms. The molecule has 0 aliphatic carbocycles. The fraction of sp³-hybridized carbons (Fsp3) is 0.211. The molecule has 0 unspecified atom stereocenters. The summed E-state index contributed by atoms with van der Waals surface area (Å²) in [6, 6.07) is 10.3. The largest absolute Gasteiger partial charge is 0.353 e. The fourth-order valence-electron chi connectivity index (χ4n) is 2.88. The van der Waals surface area contributed by atoms with Crippen LogP contribution in [0.2, 0.25) is 0 Å². The maximum absolute atomic E-state index is 12.2. The van der Waals surface area contributed by atoms with E-state index in [1.54, 1.807) is 0 Å². The first-order valence-corrected chi connectivity index (χ1v) is 9.01. The van der Waals surface area contributed by atoms with Gasteiger partial charge in [-0.3, -0.25) is 9.78 Å². The molecule has 0 radical (unpaired) electrons. The number of aryl methyl sites for hydroxylation is 3. The van der Waals surface area contributed by atoms with Crippen molar-refractivity contribution in [2.75, 3.05) is 5.32 Å². The highest BCUT2D eigenvalue weighted by Gasteiger charge is 2.10. The Hall–Kier alpha value is -2.73. The van der Waals surface area contributed by atoms with Crippen molar-refractivity contribution in [3.63, 3.8) is 0 Å². The number of pyridine rings is 1. The average molecular weight is 350 g/mol. The van der Waals surface area contributed by atoms with Gasteiger partial charge in [-0.15, -0.1) is 11.3 Å². The molecule has 0 atom stereocenters. The number of aromatic nitrogens is 3. The molecule has 1 aromatic carbocycles. The van der Waals surface area contributed by atoms with E-state index >= 15 is 0 Å². The second-order valence-corrected chi connectivity index (χ2v) is 7.30. The zero-order valence-corrected chi connectivity index (χ0v) is 14.9. The summed E-state index contributed by atoms with van der Waals surface area (Å²) in [6.07, 6.45) is 2.83. The molecule has 0 spiro atoms. The van der Waals surface area contributed by atoms with Crippen molar-refractivity contribution in [1.29, 1.82) is 0 Å². The van der Waals surface area contributed by atoms with Gasteiger partial charge < -0.3 is 10.3 Å². The third kappa shape index (κ3) is 3.13. The molecule has 25 heavy (non-hydrogen) atoms. The third-order valence-corrected chi connectivity index (χ3v) is 5.32. The normalized spacial score (nSPS) is 11.3. The van der Waals surface area contributed by atoms with E-state index in [0.717, 1.165) is 32.7 Å². The number of rotatable bonds is 4. The van der Waals surface area contributed by atoms with E-state index in [4.69, 9.17) is 0 Å². The summed E-state index contributed by atoms with van der Waals surface area (Å²) in [6.45, 7) is 3.95. The second-order valence-electron chi connectivity index (χ2n) is 6.10. The Bertz CT molecular complexity index is 1060. The number of nitrogens with zero attached hydrogens (tertiary/aromatic N) is 2. The van der Waals surface area contributed by atoms with Gasteiger partial charge in [0.15, 0.2) is 5.13 Å². The van der Waals surface area contributed by atoms with E-state index in [2.05, 4.69) is 38.5 Å². The molecule has 6 heteroatoms. The number of anilines is 1. The van der Waals surface area contributed by atoms with E-state index in [1.807, 2.05) is 32.2 Å². The predicted molar refractivity (Wildman–Crippen MR) is 102 cm³/mol. The number of thiazole rings is 1. The highest BCUT2D eigenvalue weighted by atomic mass is 32.1. The molecule has 4 rings (SSSR count). The van der Waals surface area contributed by atoms with Gasteiger partial charge in [-0.05, 0) is 32.4 Å². The molecular formula is C19H18N4OS. The number of nitrogens with one attached hydrogen (secondary N) is 2. The molecule has 0 fully saturated rings. The van der Waals surface area contributed by atoms with Crippen LogP contribution < -0.4 is 5.32 Å². The topological polar surface area (TPSA) is 70.7 Å². The van der Waals surface area contributed by atoms with E-state index in [9.17, 15) is 4.79 Å². The van der Waals surface area contributed by atoms with Crippen LogP contribution in [0.4, 0.5) is 5.13 Å². The first kappa shape index (κ1) is 15.8. The molecule has 1 amide bonds. The van der Waals surface area contributed by atoms with Gasteiger partial charge in [-0.25, -0.2) is 4.98 Å². The van der Waals surface area contributed by atoms with Crippen molar-refractivity contribution in [2.45, 2.75) is 26.7 Å². The Kier molecular flexibility index (Phi) is 3.97. The molecule has 0 aliphatic rings. The number of H-pyrrole nitrogens is 1. The summed E-state index contributed by atoms with van der Waals surface area (Å²) in [4.78, 5) is 25.5. The number of hydrogen-bond acceptors (Lipinski definition) is 4. The second kappa shape index (κ2) is 6.29. The molecule has 0 saturated carbocycles. The minimum Gasteiger partial charge on any atom is -0.353 e. The Labute approximate surface area is 149 Å². The first-order chi connectivity index (χ1) is 12.1. The maximum atomic E-state index is 12.2. The van der Waals surface area contributed by atoms with Crippen LogP contribution in [0.1, 0.15) is 22.7 Å². The van der Waals surface area contributed by atoms with Crippen LogP contribution in [0.15, 0.2) is 36.5 Å². The summed E-state index contributed by atoms with van der Waals surface area (Å²) < 4.78 is 0. The Morgan fingerprint density at radius 2 is 2.04 bits per heavy atom. The van der Waals surface area contributed by atoms with E-state index in [0.29, 0.717) is 18.0 Å². The summed E-state index contributed by atoms with van der Waals surface area (Å²) >= 11 is 1.51. The van der Waals surface area contributed by atoms with Gasteiger partial charge in [-0.2, -0.15) is 0 Å². The van der Waals surface area contributed by atoms with Crippen LogP contribution >= 0.6 is 11.3 Å². The molecule has 3 aromatic heterocycles. The van der Waals surface area contributed by atoms with Gasteiger partial charge in [0, 0.05) is 33.3 Å². The first-order valence-electron chi connectivity index (χ1n) is 8.19. The molecule has 0 aliphatic heterocycles. The van der Waals surface area contributed by atoms with Crippen LogP contribution in [0.5, 0.6) is 0 Å². The zero-order valence-electron chi connectivity index (χ0n) is 14.1. The van der Waals surface area contributed by atoms with Crippen molar-refractivity contribution in [3.05, 3.63) is 52.8 Å². The average Bonchev–Trinajstić information content (AvgIpc) is 3.12. The van der Waals surface area contributed by atoms with Gasteiger partial charge in [0.2, 0.25) is 5.91 Å². The summed E-state index contributed by atoms with van der Waals surface area (Å²) in [5.41, 5.74) is 4.00. The smallest absolute Gasteiger partial charge is 0.226 e. The van der Waals surface area contributed by atoms with Crippen molar-refractivity contribution in [2.24, 2.45) is 0 Å². The highest BCUT2D eigenvalue weighted by Crippen LogP contribution is 2.25. The molecule has 2 N–H and O–H groups in total. The number of carbonyl (C=O) groups excluding carboxylic acids is 1. The van der Waals surface area contributed by atoms with Crippen LogP contribution in [-0.4, -0.2) is 20.9 Å². The van der Waals surface area contributed by atoms with Crippen LogP contribution in [-0.2, 0) is 11.2 Å². The van der Waals surface area contributed by atoms with Gasteiger partial charge in [0.25, 0.3) is 0 Å². The van der Waals surface area contributed by atoms with Crippen molar-refractivity contribution in [3.8, 4) is 0 Å². The standard InChI is InChI=1S/C19H18N4OS/c1-11-12(2)25-19(21-11)23-18(24)8-7-13-9-15-14-5-3-4-6-16(14)22-17(15)10-20-13/h3-6,9-10,22H,7-8H2,1-2H3,(H,21,23,24). The predicted octanol–water partition coefficient (Wildman–Crippen LogP) is 4.36. The number of carbonyl (C=O) groups is 1. The Morgan fingerprint density at radius 1 is 1.20 bits per heavy atom. The number of para-hydroxylation sites is 1. The minimum absolute atomic E-state index is 0.0328. The van der Waals surface area contributed by atoms with Gasteiger partial charge in [0.1, 0.15) is 0 Å². The van der Waals surface area contributed by atoms with Crippen molar-refractivity contribution < 1.29 is 4.79 Å². The highest BCUT2D eigenvalue weighted by molar-refractivity contribution is 7.15. The summed E-state index contributed by atoms with van der Waals surface area (Å²) in [5, 5.41) is 5.86. The fourth-order valence-corrected chi connectivity index (χ4v) is 3.71. The van der Waals surface area contributed by atoms with Crippen LogP contribution in [0, 0.1) is 13.8 Å². The van der Waals surface area contributed by atoms with Gasteiger partial charge >= 0.3 is 0 Å². The molecular weight excluding hydrogens is 332 g/mol. The van der Waals surface area contributed by atoms with E-state index in [-0.39, 0.29) is 5.91 Å². The number of hydrogen-bond donors (Lipinski definition) is 2. The third-order valence-electron chi connectivity index (χ3n) is 4.33. The SMILES string of the molecule is Cc1nc(NC(=O)CCc2cc3c(cn2)[nH]c2ccccc23)sc1C. The number of aromatic amines is 1. The molecule has 0 saturated heterocycles. The van der Waals surface area contributed by atoms with Crippen molar-refractivity contribution in [1.82, 2.24) is 15.0 Å². The maximum Gasteiger partial charge on any atom is 0.226 e. The Morgan fingerprint density at radius 3 is 2.84 bits per heavy atom. The lowest BCUT2D eigenvalue weighted by atomic mass is 10.1. The summed E-state index contributed by atoms with van der Waals surface area (Å²) in [5.74, 6) is -0.0328. The minimum atomic E-state index is -0.0328. The van der Waals surface area contributed by atoms with E-state index < -0.39 is 0 Å². The lowest BCUT2D eigenvalue weighted by Gasteiger charge is -2.02. The van der Waals surface area contributed by atoms with E-state index in [1.165, 1.54) is 16.7 Å². The number of amides is 1. The van der Waals surface area contributed by atoms with Crippen LogP contribution in [0.3, 0.4) is 0 Å². The van der Waals surface area contributed by atoms with Crippen molar-refractivity contribution >= 4 is 44.2 Å². The Balaban J connectivity index is 1.48. The zero-order chi connectivity index (χ0) is 17.4.